The Morgan fingerprint density at radius 1 is 1.19 bits per heavy atom. The zero-order valence-corrected chi connectivity index (χ0v) is 13.7. The predicted octanol–water partition coefficient (Wildman–Crippen LogP) is 3.78. The Bertz CT molecular complexity index is 480. The second-order valence-electron chi connectivity index (χ2n) is 6.01. The Morgan fingerprint density at radius 2 is 2.00 bits per heavy atom. The molecule has 1 aliphatic heterocycles. The van der Waals surface area contributed by atoms with Crippen LogP contribution in [0.2, 0.25) is 0 Å². The molecule has 1 saturated carbocycles. The molecule has 1 heterocycles. The SMILES string of the molecule is CSC1CCCC(NC(C)c2ccc3c(c2)OCCO3)C1. The maximum absolute atomic E-state index is 5.68. The molecule has 3 nitrogen and oxygen atoms in total. The normalized spacial score (nSPS) is 26.4. The molecule has 0 saturated heterocycles. The molecule has 3 atom stereocenters. The second kappa shape index (κ2) is 6.93. The molecule has 4 heteroatoms. The van der Waals surface area contributed by atoms with Gasteiger partial charge in [-0.3, -0.25) is 0 Å². The van der Waals surface area contributed by atoms with Crippen LogP contribution in [0.3, 0.4) is 0 Å². The molecule has 0 aromatic heterocycles. The summed E-state index contributed by atoms with van der Waals surface area (Å²) in [6.07, 6.45) is 7.54. The van der Waals surface area contributed by atoms with Gasteiger partial charge in [0.1, 0.15) is 13.2 Å². The molecule has 2 aliphatic rings. The van der Waals surface area contributed by atoms with Gasteiger partial charge in [-0.2, -0.15) is 11.8 Å². The first kappa shape index (κ1) is 15.0. The number of hydrogen-bond acceptors (Lipinski definition) is 4. The van der Waals surface area contributed by atoms with Crippen molar-refractivity contribution in [2.75, 3.05) is 19.5 Å². The molecule has 1 aromatic carbocycles. The average Bonchev–Trinajstić information content (AvgIpc) is 2.54. The molecular formula is C17H25NO2S. The summed E-state index contributed by atoms with van der Waals surface area (Å²) in [5.74, 6) is 1.76. The van der Waals surface area contributed by atoms with E-state index in [1.807, 2.05) is 17.8 Å². The minimum atomic E-state index is 0.353. The fraction of sp³-hybridized carbons (Fsp3) is 0.647. The highest BCUT2D eigenvalue weighted by Crippen LogP contribution is 2.33. The van der Waals surface area contributed by atoms with E-state index in [2.05, 4.69) is 30.6 Å². The van der Waals surface area contributed by atoms with E-state index in [9.17, 15) is 0 Å². The van der Waals surface area contributed by atoms with Crippen LogP contribution in [0.25, 0.3) is 0 Å². The van der Waals surface area contributed by atoms with Crippen LogP contribution >= 0.6 is 11.8 Å². The Morgan fingerprint density at radius 3 is 2.81 bits per heavy atom. The Kier molecular flexibility index (Phi) is 4.96. The minimum absolute atomic E-state index is 0.353. The van der Waals surface area contributed by atoms with Crippen molar-refractivity contribution < 1.29 is 9.47 Å². The molecule has 0 bridgehead atoms. The van der Waals surface area contributed by atoms with Crippen molar-refractivity contribution in [1.82, 2.24) is 5.32 Å². The van der Waals surface area contributed by atoms with E-state index in [0.29, 0.717) is 25.3 Å². The van der Waals surface area contributed by atoms with Gasteiger partial charge in [-0.1, -0.05) is 12.5 Å². The monoisotopic (exact) mass is 307 g/mol. The Balaban J connectivity index is 1.63. The number of benzene rings is 1. The number of ether oxygens (including phenoxy) is 2. The van der Waals surface area contributed by atoms with Gasteiger partial charge >= 0.3 is 0 Å². The van der Waals surface area contributed by atoms with Crippen LogP contribution < -0.4 is 14.8 Å². The van der Waals surface area contributed by atoms with Crippen molar-refractivity contribution in [3.05, 3.63) is 23.8 Å². The van der Waals surface area contributed by atoms with Gasteiger partial charge in [0.15, 0.2) is 11.5 Å². The number of hydrogen-bond donors (Lipinski definition) is 1. The van der Waals surface area contributed by atoms with Crippen molar-refractivity contribution in [3.63, 3.8) is 0 Å². The lowest BCUT2D eigenvalue weighted by atomic mass is 9.93. The molecule has 0 spiro atoms. The molecule has 21 heavy (non-hydrogen) atoms. The first-order chi connectivity index (χ1) is 10.3. The van der Waals surface area contributed by atoms with Gasteiger partial charge in [0.05, 0.1) is 0 Å². The lowest BCUT2D eigenvalue weighted by Gasteiger charge is -2.31. The third kappa shape index (κ3) is 3.67. The minimum Gasteiger partial charge on any atom is -0.486 e. The van der Waals surface area contributed by atoms with E-state index in [1.54, 1.807) is 0 Å². The molecule has 3 rings (SSSR count). The van der Waals surface area contributed by atoms with E-state index in [0.717, 1.165) is 16.7 Å². The maximum atomic E-state index is 5.68. The molecule has 1 N–H and O–H groups in total. The number of nitrogens with one attached hydrogen (secondary N) is 1. The quantitative estimate of drug-likeness (QED) is 0.917. The summed E-state index contributed by atoms with van der Waals surface area (Å²) in [6, 6.07) is 7.31. The van der Waals surface area contributed by atoms with E-state index in [-0.39, 0.29) is 0 Å². The highest BCUT2D eigenvalue weighted by atomic mass is 32.2. The third-order valence-electron chi connectivity index (χ3n) is 4.51. The van der Waals surface area contributed by atoms with Crippen LogP contribution in [0.4, 0.5) is 0 Å². The highest BCUT2D eigenvalue weighted by Gasteiger charge is 2.23. The van der Waals surface area contributed by atoms with E-state index in [1.165, 1.54) is 31.2 Å². The molecule has 0 amide bonds. The van der Waals surface area contributed by atoms with Gasteiger partial charge in [-0.05, 0) is 50.1 Å². The van der Waals surface area contributed by atoms with Gasteiger partial charge in [0.2, 0.25) is 0 Å². The van der Waals surface area contributed by atoms with Gasteiger partial charge in [0, 0.05) is 17.3 Å². The van der Waals surface area contributed by atoms with Crippen molar-refractivity contribution in [2.24, 2.45) is 0 Å². The van der Waals surface area contributed by atoms with Gasteiger partial charge < -0.3 is 14.8 Å². The lowest BCUT2D eigenvalue weighted by Crippen LogP contribution is -2.36. The van der Waals surface area contributed by atoms with Crippen molar-refractivity contribution in [3.8, 4) is 11.5 Å². The standard InChI is InChI=1S/C17H25NO2S/c1-12(18-14-4-3-5-15(11-14)21-2)13-6-7-16-17(10-13)20-9-8-19-16/h6-7,10,12,14-15,18H,3-5,8-9,11H2,1-2H3. The molecule has 1 aliphatic carbocycles. The summed E-state index contributed by atoms with van der Waals surface area (Å²) in [5, 5.41) is 4.62. The van der Waals surface area contributed by atoms with Gasteiger partial charge in [-0.15, -0.1) is 0 Å². The van der Waals surface area contributed by atoms with Gasteiger partial charge in [0.25, 0.3) is 0 Å². The summed E-state index contributed by atoms with van der Waals surface area (Å²) in [5.41, 5.74) is 1.28. The summed E-state index contributed by atoms with van der Waals surface area (Å²) in [7, 11) is 0. The Hall–Kier alpha value is -0.870. The van der Waals surface area contributed by atoms with Crippen LogP contribution in [0, 0.1) is 0 Å². The van der Waals surface area contributed by atoms with E-state index < -0.39 is 0 Å². The molecule has 116 valence electrons. The van der Waals surface area contributed by atoms with Crippen molar-refractivity contribution in [2.45, 2.75) is 49.9 Å². The number of thioether (sulfide) groups is 1. The van der Waals surface area contributed by atoms with Crippen LogP contribution in [0.1, 0.15) is 44.2 Å². The Labute approximate surface area is 131 Å². The van der Waals surface area contributed by atoms with Crippen LogP contribution in [-0.2, 0) is 0 Å². The van der Waals surface area contributed by atoms with Crippen LogP contribution in [0.5, 0.6) is 11.5 Å². The zero-order chi connectivity index (χ0) is 14.7. The zero-order valence-electron chi connectivity index (χ0n) is 12.9. The molecule has 0 radical (unpaired) electrons. The molecule has 3 unspecified atom stereocenters. The van der Waals surface area contributed by atoms with Crippen LogP contribution in [-0.4, -0.2) is 30.8 Å². The smallest absolute Gasteiger partial charge is 0.161 e. The molecule has 1 aromatic rings. The summed E-state index contributed by atoms with van der Waals surface area (Å²) in [6.45, 7) is 3.54. The van der Waals surface area contributed by atoms with E-state index in [4.69, 9.17) is 9.47 Å². The fourth-order valence-electron chi connectivity index (χ4n) is 3.29. The van der Waals surface area contributed by atoms with Gasteiger partial charge in [-0.25, -0.2) is 0 Å². The summed E-state index contributed by atoms with van der Waals surface area (Å²) in [4.78, 5) is 0. The largest absolute Gasteiger partial charge is 0.486 e. The van der Waals surface area contributed by atoms with Crippen LogP contribution in [0.15, 0.2) is 18.2 Å². The fourth-order valence-corrected chi connectivity index (χ4v) is 4.12. The maximum Gasteiger partial charge on any atom is 0.161 e. The first-order valence-corrected chi connectivity index (χ1v) is 9.23. The summed E-state index contributed by atoms with van der Waals surface area (Å²) >= 11 is 2.01. The molecule has 1 fully saturated rings. The summed E-state index contributed by atoms with van der Waals surface area (Å²) < 4.78 is 11.3. The second-order valence-corrected chi connectivity index (χ2v) is 7.15. The first-order valence-electron chi connectivity index (χ1n) is 7.94. The van der Waals surface area contributed by atoms with Crippen molar-refractivity contribution in [1.29, 1.82) is 0 Å². The third-order valence-corrected chi connectivity index (χ3v) is 5.61. The highest BCUT2D eigenvalue weighted by molar-refractivity contribution is 7.99. The topological polar surface area (TPSA) is 30.5 Å². The number of rotatable bonds is 4. The average molecular weight is 307 g/mol. The van der Waals surface area contributed by atoms with E-state index >= 15 is 0 Å². The predicted molar refractivity (Wildman–Crippen MR) is 88.5 cm³/mol. The number of fused-ring (bicyclic) bond motifs is 1. The lowest BCUT2D eigenvalue weighted by molar-refractivity contribution is 0.171. The molecular weight excluding hydrogens is 282 g/mol. The van der Waals surface area contributed by atoms with Crippen molar-refractivity contribution >= 4 is 11.8 Å².